The van der Waals surface area contributed by atoms with Gasteiger partial charge in [-0.05, 0) is 44.1 Å². The molecule has 1 aliphatic heterocycles. The van der Waals surface area contributed by atoms with Gasteiger partial charge in [0.05, 0.1) is 19.3 Å². The highest BCUT2D eigenvalue weighted by Gasteiger charge is 2.23. The lowest BCUT2D eigenvalue weighted by molar-refractivity contribution is 0.0170. The van der Waals surface area contributed by atoms with Crippen LogP contribution in [-0.4, -0.2) is 68.5 Å². The SMILES string of the molecule is CCNC(=NCC(CCO)CC(C)C)NCC(c1ccc(C)cc1)N1CCOCC1. The highest BCUT2D eigenvalue weighted by molar-refractivity contribution is 5.79. The van der Waals surface area contributed by atoms with Crippen LogP contribution in [0, 0.1) is 18.8 Å². The number of ether oxygens (including phenoxy) is 1. The number of aliphatic hydroxyl groups is 1. The second kappa shape index (κ2) is 13.6. The van der Waals surface area contributed by atoms with Crippen LogP contribution in [0.5, 0.6) is 0 Å². The van der Waals surface area contributed by atoms with E-state index in [1.54, 1.807) is 0 Å². The highest BCUT2D eigenvalue weighted by Crippen LogP contribution is 2.22. The lowest BCUT2D eigenvalue weighted by atomic mass is 9.94. The van der Waals surface area contributed by atoms with Crippen molar-refractivity contribution < 1.29 is 9.84 Å². The molecule has 1 aromatic rings. The van der Waals surface area contributed by atoms with E-state index >= 15 is 0 Å². The summed E-state index contributed by atoms with van der Waals surface area (Å²) in [4.78, 5) is 7.35. The smallest absolute Gasteiger partial charge is 0.191 e. The molecule has 2 rings (SSSR count). The van der Waals surface area contributed by atoms with E-state index < -0.39 is 0 Å². The fourth-order valence-corrected chi connectivity index (χ4v) is 4.02. The molecular weight excluding hydrogens is 376 g/mol. The first-order chi connectivity index (χ1) is 14.5. The number of aliphatic hydroxyl groups excluding tert-OH is 1. The number of hydrogen-bond donors (Lipinski definition) is 3. The number of hydrogen-bond acceptors (Lipinski definition) is 4. The largest absolute Gasteiger partial charge is 0.396 e. The van der Waals surface area contributed by atoms with E-state index in [0.717, 1.165) is 64.7 Å². The Kier molecular flexibility index (Phi) is 11.2. The third kappa shape index (κ3) is 8.62. The first-order valence-corrected chi connectivity index (χ1v) is 11.5. The van der Waals surface area contributed by atoms with Crippen molar-refractivity contribution in [3.8, 4) is 0 Å². The van der Waals surface area contributed by atoms with Gasteiger partial charge in [-0.15, -0.1) is 0 Å². The first-order valence-electron chi connectivity index (χ1n) is 11.5. The molecule has 0 spiro atoms. The number of aryl methyl sites for hydroxylation is 1. The van der Waals surface area contributed by atoms with E-state index in [2.05, 4.69) is 67.5 Å². The average Bonchev–Trinajstić information content (AvgIpc) is 2.73. The van der Waals surface area contributed by atoms with Gasteiger partial charge >= 0.3 is 0 Å². The molecule has 6 heteroatoms. The Hall–Kier alpha value is -1.63. The monoisotopic (exact) mass is 418 g/mol. The summed E-state index contributed by atoms with van der Waals surface area (Å²) in [5.74, 6) is 1.88. The number of nitrogens with zero attached hydrogens (tertiary/aromatic N) is 2. The Morgan fingerprint density at radius 2 is 1.87 bits per heavy atom. The number of rotatable bonds is 11. The summed E-state index contributed by atoms with van der Waals surface area (Å²) >= 11 is 0. The minimum atomic E-state index is 0.226. The number of morpholine rings is 1. The average molecular weight is 419 g/mol. The Bertz CT molecular complexity index is 612. The Labute approximate surface area is 183 Å². The molecular formula is C24H42N4O2. The van der Waals surface area contributed by atoms with Crippen molar-refractivity contribution in [3.63, 3.8) is 0 Å². The molecule has 0 aromatic heterocycles. The summed E-state index contributed by atoms with van der Waals surface area (Å²) in [5, 5.41) is 16.3. The van der Waals surface area contributed by atoms with Gasteiger partial charge in [0.1, 0.15) is 0 Å². The van der Waals surface area contributed by atoms with E-state index in [1.807, 2.05) is 0 Å². The third-order valence-electron chi connectivity index (χ3n) is 5.61. The predicted molar refractivity (Wildman–Crippen MR) is 125 cm³/mol. The van der Waals surface area contributed by atoms with Crippen LogP contribution in [0.25, 0.3) is 0 Å². The molecule has 1 aliphatic rings. The van der Waals surface area contributed by atoms with Crippen LogP contribution in [0.2, 0.25) is 0 Å². The normalized spacial score (nSPS) is 17.7. The van der Waals surface area contributed by atoms with E-state index in [9.17, 15) is 5.11 Å². The van der Waals surface area contributed by atoms with Crippen LogP contribution in [0.4, 0.5) is 0 Å². The topological polar surface area (TPSA) is 69.1 Å². The minimum Gasteiger partial charge on any atom is -0.396 e. The second-order valence-corrected chi connectivity index (χ2v) is 8.68. The fraction of sp³-hybridized carbons (Fsp3) is 0.708. The summed E-state index contributed by atoms with van der Waals surface area (Å²) in [6, 6.07) is 9.13. The van der Waals surface area contributed by atoms with Crippen LogP contribution in [0.15, 0.2) is 29.3 Å². The van der Waals surface area contributed by atoms with Crippen LogP contribution in [0.1, 0.15) is 50.8 Å². The van der Waals surface area contributed by atoms with E-state index in [1.165, 1.54) is 11.1 Å². The minimum absolute atomic E-state index is 0.226. The van der Waals surface area contributed by atoms with Gasteiger partial charge in [-0.1, -0.05) is 43.7 Å². The number of benzene rings is 1. The molecule has 1 saturated heterocycles. The molecule has 0 radical (unpaired) electrons. The van der Waals surface area contributed by atoms with E-state index in [-0.39, 0.29) is 12.6 Å². The van der Waals surface area contributed by atoms with Crippen molar-refractivity contribution in [2.45, 2.75) is 46.6 Å². The van der Waals surface area contributed by atoms with Gasteiger partial charge in [0.2, 0.25) is 0 Å². The van der Waals surface area contributed by atoms with Gasteiger partial charge in [-0.2, -0.15) is 0 Å². The molecule has 2 atom stereocenters. The lowest BCUT2D eigenvalue weighted by Crippen LogP contribution is -2.46. The zero-order chi connectivity index (χ0) is 21.8. The Morgan fingerprint density at radius 1 is 1.17 bits per heavy atom. The molecule has 0 aliphatic carbocycles. The molecule has 1 fully saturated rings. The number of aliphatic imine (C=N–C) groups is 1. The second-order valence-electron chi connectivity index (χ2n) is 8.68. The summed E-state index contributed by atoms with van der Waals surface area (Å²) in [5.41, 5.74) is 2.60. The van der Waals surface area contributed by atoms with Crippen molar-refractivity contribution in [3.05, 3.63) is 35.4 Å². The maximum Gasteiger partial charge on any atom is 0.191 e. The highest BCUT2D eigenvalue weighted by atomic mass is 16.5. The van der Waals surface area contributed by atoms with Gasteiger partial charge in [0.25, 0.3) is 0 Å². The fourth-order valence-electron chi connectivity index (χ4n) is 4.02. The molecule has 0 amide bonds. The molecule has 0 saturated carbocycles. The van der Waals surface area contributed by atoms with Crippen molar-refractivity contribution in [2.75, 3.05) is 52.5 Å². The molecule has 2 unspecified atom stereocenters. The van der Waals surface area contributed by atoms with Gasteiger partial charge in [0.15, 0.2) is 5.96 Å². The molecule has 30 heavy (non-hydrogen) atoms. The first kappa shape index (κ1) is 24.6. The maximum atomic E-state index is 9.39. The van der Waals surface area contributed by atoms with Gasteiger partial charge in [0, 0.05) is 39.3 Å². The van der Waals surface area contributed by atoms with Crippen molar-refractivity contribution in [1.82, 2.24) is 15.5 Å². The lowest BCUT2D eigenvalue weighted by Gasteiger charge is -2.35. The third-order valence-corrected chi connectivity index (χ3v) is 5.61. The summed E-state index contributed by atoms with van der Waals surface area (Å²) in [7, 11) is 0. The molecule has 3 N–H and O–H groups in total. The van der Waals surface area contributed by atoms with Gasteiger partial charge < -0.3 is 20.5 Å². The standard InChI is InChI=1S/C24H42N4O2/c1-5-25-24(26-17-21(10-13-29)16-19(2)3)27-18-23(28-11-14-30-15-12-28)22-8-6-20(4)7-9-22/h6-9,19,21,23,29H,5,10-18H2,1-4H3,(H2,25,26,27). The molecule has 6 nitrogen and oxygen atoms in total. The molecule has 1 heterocycles. The van der Waals surface area contributed by atoms with Crippen molar-refractivity contribution >= 4 is 5.96 Å². The number of nitrogens with one attached hydrogen (secondary N) is 2. The van der Waals surface area contributed by atoms with Crippen LogP contribution >= 0.6 is 0 Å². The Balaban J connectivity index is 2.07. The van der Waals surface area contributed by atoms with Crippen LogP contribution in [-0.2, 0) is 4.74 Å². The quantitative estimate of drug-likeness (QED) is 0.381. The zero-order valence-electron chi connectivity index (χ0n) is 19.4. The summed E-state index contributed by atoms with van der Waals surface area (Å²) in [6.07, 6.45) is 1.89. The summed E-state index contributed by atoms with van der Waals surface area (Å²) in [6.45, 7) is 14.7. The van der Waals surface area contributed by atoms with Crippen LogP contribution < -0.4 is 10.6 Å². The van der Waals surface area contributed by atoms with Crippen molar-refractivity contribution in [2.24, 2.45) is 16.8 Å². The predicted octanol–water partition coefficient (Wildman–Crippen LogP) is 2.97. The van der Waals surface area contributed by atoms with E-state index in [4.69, 9.17) is 9.73 Å². The van der Waals surface area contributed by atoms with Gasteiger partial charge in [-0.25, -0.2) is 0 Å². The van der Waals surface area contributed by atoms with E-state index in [0.29, 0.717) is 11.8 Å². The number of guanidine groups is 1. The molecule has 170 valence electrons. The van der Waals surface area contributed by atoms with Crippen LogP contribution in [0.3, 0.4) is 0 Å². The maximum absolute atomic E-state index is 9.39. The zero-order valence-corrected chi connectivity index (χ0v) is 19.4. The molecule has 1 aromatic carbocycles. The molecule has 0 bridgehead atoms. The Morgan fingerprint density at radius 3 is 2.47 bits per heavy atom. The van der Waals surface area contributed by atoms with Crippen molar-refractivity contribution in [1.29, 1.82) is 0 Å². The van der Waals surface area contributed by atoms with Gasteiger partial charge in [-0.3, -0.25) is 9.89 Å². The summed E-state index contributed by atoms with van der Waals surface area (Å²) < 4.78 is 5.57.